The first kappa shape index (κ1) is 17.9. The molecule has 2 heterocycles. The van der Waals surface area contributed by atoms with Crippen molar-refractivity contribution in [1.82, 2.24) is 14.7 Å². The van der Waals surface area contributed by atoms with Gasteiger partial charge in [0, 0.05) is 31.8 Å². The van der Waals surface area contributed by atoms with E-state index >= 15 is 0 Å². The Morgan fingerprint density at radius 1 is 1.20 bits per heavy atom. The van der Waals surface area contributed by atoms with Crippen LogP contribution in [-0.4, -0.2) is 52.8 Å². The third-order valence-electron chi connectivity index (χ3n) is 5.07. The van der Waals surface area contributed by atoms with Crippen molar-refractivity contribution in [1.29, 1.82) is 0 Å². The van der Waals surface area contributed by atoms with Gasteiger partial charge in [-0.25, -0.2) is 0 Å². The topological polar surface area (TPSA) is 76.5 Å². The third kappa shape index (κ3) is 5.56. The van der Waals surface area contributed by atoms with Crippen molar-refractivity contribution in [2.75, 3.05) is 31.6 Å². The Hall–Kier alpha value is -1.89. The second-order valence-corrected chi connectivity index (χ2v) is 6.98. The second kappa shape index (κ2) is 8.99. The summed E-state index contributed by atoms with van der Waals surface area (Å²) in [6.07, 6.45) is 9.68. The number of rotatable bonds is 6. The van der Waals surface area contributed by atoms with Crippen LogP contribution < -0.4 is 5.32 Å². The molecule has 0 radical (unpaired) electrons. The first-order chi connectivity index (χ1) is 12.2. The Labute approximate surface area is 148 Å². The van der Waals surface area contributed by atoms with E-state index in [2.05, 4.69) is 10.4 Å². The van der Waals surface area contributed by atoms with Gasteiger partial charge >= 0.3 is 0 Å². The lowest BCUT2D eigenvalue weighted by Gasteiger charge is -2.26. The summed E-state index contributed by atoms with van der Waals surface area (Å²) in [5.41, 5.74) is 0. The zero-order valence-electron chi connectivity index (χ0n) is 14.8. The fourth-order valence-corrected chi connectivity index (χ4v) is 3.58. The quantitative estimate of drug-likeness (QED) is 0.853. The number of carbonyl (C=O) groups is 2. The zero-order chi connectivity index (χ0) is 17.5. The molecule has 1 saturated heterocycles. The molecule has 25 heavy (non-hydrogen) atoms. The normalized spacial score (nSPS) is 19.0. The van der Waals surface area contributed by atoms with E-state index < -0.39 is 0 Å². The number of nitrogens with zero attached hydrogens (tertiary/aromatic N) is 3. The Morgan fingerprint density at radius 2 is 1.96 bits per heavy atom. The predicted octanol–water partition coefficient (Wildman–Crippen LogP) is 2.04. The molecule has 2 amide bonds. The van der Waals surface area contributed by atoms with Gasteiger partial charge in [0.25, 0.3) is 0 Å². The molecular formula is C18H28N4O3. The summed E-state index contributed by atoms with van der Waals surface area (Å²) in [5.74, 6) is 1.25. The molecule has 138 valence electrons. The Bertz CT molecular complexity index is 575. The van der Waals surface area contributed by atoms with E-state index in [4.69, 9.17) is 4.74 Å². The highest BCUT2D eigenvalue weighted by Gasteiger charge is 2.18. The Morgan fingerprint density at radius 3 is 2.72 bits per heavy atom. The van der Waals surface area contributed by atoms with Crippen molar-refractivity contribution >= 4 is 17.6 Å². The van der Waals surface area contributed by atoms with E-state index in [0.717, 1.165) is 6.42 Å². The van der Waals surface area contributed by atoms with E-state index in [9.17, 15) is 9.59 Å². The summed E-state index contributed by atoms with van der Waals surface area (Å²) in [6, 6.07) is 1.74. The molecule has 2 fully saturated rings. The minimum Gasteiger partial charge on any atom is -0.378 e. The lowest BCUT2D eigenvalue weighted by atomic mass is 9.86. The highest BCUT2D eigenvalue weighted by Crippen LogP contribution is 2.27. The molecule has 1 aromatic heterocycles. The lowest BCUT2D eigenvalue weighted by molar-refractivity contribution is -0.136. The molecular weight excluding hydrogens is 320 g/mol. The summed E-state index contributed by atoms with van der Waals surface area (Å²) in [7, 11) is 0. The summed E-state index contributed by atoms with van der Waals surface area (Å²) >= 11 is 0. The minimum absolute atomic E-state index is 0.00956. The molecule has 1 aromatic rings. The van der Waals surface area contributed by atoms with Gasteiger partial charge in [0.2, 0.25) is 11.8 Å². The van der Waals surface area contributed by atoms with Crippen LogP contribution in [0, 0.1) is 5.92 Å². The number of carbonyl (C=O) groups excluding carboxylic acids is 2. The number of morpholine rings is 1. The number of aromatic nitrogens is 2. The number of hydrogen-bond acceptors (Lipinski definition) is 4. The van der Waals surface area contributed by atoms with E-state index in [0.29, 0.717) is 44.5 Å². The maximum Gasteiger partial charge on any atom is 0.244 e. The van der Waals surface area contributed by atoms with Crippen LogP contribution in [0.1, 0.15) is 44.9 Å². The van der Waals surface area contributed by atoms with Gasteiger partial charge in [-0.2, -0.15) is 5.10 Å². The molecule has 3 rings (SSSR count). The van der Waals surface area contributed by atoms with Crippen molar-refractivity contribution in [2.24, 2.45) is 5.92 Å². The summed E-state index contributed by atoms with van der Waals surface area (Å²) in [6.45, 7) is 2.63. The highest BCUT2D eigenvalue weighted by molar-refractivity contribution is 5.89. The maximum atomic E-state index is 12.2. The van der Waals surface area contributed by atoms with Crippen LogP contribution in [0.5, 0.6) is 0 Å². The van der Waals surface area contributed by atoms with Gasteiger partial charge in [0.1, 0.15) is 6.54 Å². The molecule has 0 unspecified atom stereocenters. The Kier molecular flexibility index (Phi) is 6.44. The largest absolute Gasteiger partial charge is 0.378 e. The molecule has 0 aromatic carbocycles. The molecule has 7 nitrogen and oxygen atoms in total. The molecule has 1 N–H and O–H groups in total. The van der Waals surface area contributed by atoms with Gasteiger partial charge in [-0.3, -0.25) is 14.3 Å². The summed E-state index contributed by atoms with van der Waals surface area (Å²) < 4.78 is 6.83. The number of amides is 2. The highest BCUT2D eigenvalue weighted by atomic mass is 16.5. The summed E-state index contributed by atoms with van der Waals surface area (Å²) in [5, 5.41) is 7.12. The molecule has 2 aliphatic rings. The van der Waals surface area contributed by atoms with Gasteiger partial charge in [-0.05, 0) is 12.3 Å². The van der Waals surface area contributed by atoms with Crippen LogP contribution in [-0.2, 0) is 20.9 Å². The van der Waals surface area contributed by atoms with Gasteiger partial charge < -0.3 is 15.0 Å². The van der Waals surface area contributed by atoms with Crippen LogP contribution in [0.2, 0.25) is 0 Å². The Balaban J connectivity index is 1.41. The molecule has 0 spiro atoms. The molecule has 1 aliphatic heterocycles. The van der Waals surface area contributed by atoms with E-state index in [1.54, 1.807) is 21.8 Å². The first-order valence-electron chi connectivity index (χ1n) is 9.39. The maximum absolute atomic E-state index is 12.2. The van der Waals surface area contributed by atoms with E-state index in [1.165, 1.54) is 32.1 Å². The SMILES string of the molecule is O=C(CCC1CCCCC1)Nc1ccn(CC(=O)N2CCOCC2)n1. The second-order valence-electron chi connectivity index (χ2n) is 6.98. The fourth-order valence-electron chi connectivity index (χ4n) is 3.58. The zero-order valence-corrected chi connectivity index (χ0v) is 14.8. The molecule has 1 aliphatic carbocycles. The molecule has 0 bridgehead atoms. The van der Waals surface area contributed by atoms with Gasteiger partial charge in [0.15, 0.2) is 5.82 Å². The average molecular weight is 348 g/mol. The van der Waals surface area contributed by atoms with Crippen molar-refractivity contribution in [2.45, 2.75) is 51.5 Å². The first-order valence-corrected chi connectivity index (χ1v) is 9.39. The van der Waals surface area contributed by atoms with Crippen LogP contribution >= 0.6 is 0 Å². The third-order valence-corrected chi connectivity index (χ3v) is 5.07. The fraction of sp³-hybridized carbons (Fsp3) is 0.722. The number of anilines is 1. The van der Waals surface area contributed by atoms with Crippen LogP contribution in [0.4, 0.5) is 5.82 Å². The van der Waals surface area contributed by atoms with Crippen LogP contribution in [0.25, 0.3) is 0 Å². The van der Waals surface area contributed by atoms with Crippen LogP contribution in [0.15, 0.2) is 12.3 Å². The lowest BCUT2D eigenvalue weighted by Crippen LogP contribution is -2.42. The number of ether oxygens (including phenoxy) is 1. The summed E-state index contributed by atoms with van der Waals surface area (Å²) in [4.78, 5) is 26.1. The monoisotopic (exact) mass is 348 g/mol. The van der Waals surface area contributed by atoms with Gasteiger partial charge in [-0.1, -0.05) is 32.1 Å². The van der Waals surface area contributed by atoms with Crippen molar-refractivity contribution in [3.05, 3.63) is 12.3 Å². The van der Waals surface area contributed by atoms with Crippen molar-refractivity contribution in [3.63, 3.8) is 0 Å². The standard InChI is InChI=1S/C18H28N4O3/c23-17(7-6-15-4-2-1-3-5-15)19-16-8-9-22(20-16)14-18(24)21-10-12-25-13-11-21/h8-9,15H,1-7,10-14H2,(H,19,20,23). The van der Waals surface area contributed by atoms with E-state index in [1.807, 2.05) is 0 Å². The van der Waals surface area contributed by atoms with E-state index in [-0.39, 0.29) is 18.4 Å². The average Bonchev–Trinajstić information content (AvgIpc) is 3.08. The number of nitrogens with one attached hydrogen (secondary N) is 1. The molecule has 7 heteroatoms. The van der Waals surface area contributed by atoms with Gasteiger partial charge in [0.05, 0.1) is 13.2 Å². The molecule has 1 saturated carbocycles. The minimum atomic E-state index is 0.00956. The van der Waals surface area contributed by atoms with Crippen LogP contribution in [0.3, 0.4) is 0 Å². The predicted molar refractivity (Wildman–Crippen MR) is 94.1 cm³/mol. The van der Waals surface area contributed by atoms with Crippen molar-refractivity contribution < 1.29 is 14.3 Å². The number of hydrogen-bond donors (Lipinski definition) is 1. The van der Waals surface area contributed by atoms with Gasteiger partial charge in [-0.15, -0.1) is 0 Å². The van der Waals surface area contributed by atoms with Crippen molar-refractivity contribution in [3.8, 4) is 0 Å². The molecule has 0 atom stereocenters. The smallest absolute Gasteiger partial charge is 0.244 e.